The monoisotopic (exact) mass is 403 g/mol. The van der Waals surface area contributed by atoms with Gasteiger partial charge in [-0.15, -0.1) is 0 Å². The van der Waals surface area contributed by atoms with E-state index in [0.29, 0.717) is 5.56 Å². The van der Waals surface area contributed by atoms with Crippen molar-refractivity contribution >= 4 is 17.0 Å². The predicted molar refractivity (Wildman–Crippen MR) is 111 cm³/mol. The summed E-state index contributed by atoms with van der Waals surface area (Å²) in [6.07, 6.45) is 4.58. The van der Waals surface area contributed by atoms with Crippen LogP contribution in [-0.2, 0) is 17.4 Å². The van der Waals surface area contributed by atoms with Crippen molar-refractivity contribution in [2.75, 3.05) is 0 Å². The quantitative estimate of drug-likeness (QED) is 0.786. The van der Waals surface area contributed by atoms with Gasteiger partial charge in [0, 0.05) is 17.3 Å². The third-order valence-electron chi connectivity index (χ3n) is 5.11. The zero-order valence-electron chi connectivity index (χ0n) is 17.2. The van der Waals surface area contributed by atoms with Crippen LogP contribution in [0.1, 0.15) is 86.6 Å². The van der Waals surface area contributed by atoms with E-state index >= 15 is 0 Å². The summed E-state index contributed by atoms with van der Waals surface area (Å²) >= 11 is 0. The second kappa shape index (κ2) is 7.79. The lowest BCUT2D eigenvalue weighted by Crippen LogP contribution is -2.36. The summed E-state index contributed by atoms with van der Waals surface area (Å²) in [5.41, 5.74) is 4.04. The molecule has 2 N–H and O–H groups in total. The highest BCUT2D eigenvalue weighted by atomic mass is 32.2. The van der Waals surface area contributed by atoms with Gasteiger partial charge in [-0.3, -0.25) is 0 Å². The summed E-state index contributed by atoms with van der Waals surface area (Å²) < 4.78 is 17.4. The van der Waals surface area contributed by atoms with Crippen molar-refractivity contribution in [3.63, 3.8) is 0 Å². The fourth-order valence-corrected chi connectivity index (χ4v) is 4.58. The highest BCUT2D eigenvalue weighted by Crippen LogP contribution is 2.34. The van der Waals surface area contributed by atoms with Gasteiger partial charge in [0.1, 0.15) is 0 Å². The second-order valence-corrected chi connectivity index (χ2v) is 10.6. The van der Waals surface area contributed by atoms with Gasteiger partial charge in [0.05, 0.1) is 33.2 Å². The van der Waals surface area contributed by atoms with Crippen LogP contribution in [0.4, 0.5) is 0 Å². The highest BCUT2D eigenvalue weighted by molar-refractivity contribution is 7.84. The van der Waals surface area contributed by atoms with Crippen molar-refractivity contribution in [3.8, 4) is 5.69 Å². The van der Waals surface area contributed by atoms with E-state index in [4.69, 9.17) is 0 Å². The van der Waals surface area contributed by atoms with Gasteiger partial charge in [-0.1, -0.05) is 19.9 Å². The summed E-state index contributed by atoms with van der Waals surface area (Å²) in [5, 5.41) is 14.2. The molecule has 0 bridgehead atoms. The van der Waals surface area contributed by atoms with E-state index in [9.17, 15) is 14.1 Å². The van der Waals surface area contributed by atoms with E-state index in [2.05, 4.69) is 9.82 Å². The van der Waals surface area contributed by atoms with Crippen molar-refractivity contribution < 1.29 is 14.1 Å². The number of carboxylic acids is 1. The number of benzene rings is 1. The van der Waals surface area contributed by atoms with Crippen molar-refractivity contribution in [1.82, 2.24) is 14.5 Å². The minimum Gasteiger partial charge on any atom is -0.478 e. The molecule has 0 fully saturated rings. The largest absolute Gasteiger partial charge is 0.478 e. The SMILES string of the molecule is CC(C)c1c(C(=O)O)cccc1-n1ncc2c1CCC[C@H]2NS(=O)C(C)(C)C. The Balaban J connectivity index is 2.05. The molecular formula is C21H29N3O3S. The first-order valence-electron chi connectivity index (χ1n) is 9.72. The van der Waals surface area contributed by atoms with Crippen LogP contribution < -0.4 is 4.72 Å². The molecule has 0 aliphatic heterocycles. The first kappa shape index (κ1) is 20.7. The summed E-state index contributed by atoms with van der Waals surface area (Å²) in [6.45, 7) is 9.86. The molecule has 1 aromatic carbocycles. The van der Waals surface area contributed by atoms with Gasteiger partial charge in [0.25, 0.3) is 0 Å². The molecular weight excluding hydrogens is 374 g/mol. The lowest BCUT2D eigenvalue weighted by molar-refractivity contribution is 0.0695. The van der Waals surface area contributed by atoms with Crippen molar-refractivity contribution in [2.24, 2.45) is 0 Å². The number of carboxylic acid groups (broad SMARTS) is 1. The van der Waals surface area contributed by atoms with Gasteiger partial charge >= 0.3 is 5.97 Å². The van der Waals surface area contributed by atoms with Crippen LogP contribution in [0.15, 0.2) is 24.4 Å². The van der Waals surface area contributed by atoms with Crippen LogP contribution in [0.25, 0.3) is 5.69 Å². The Morgan fingerprint density at radius 1 is 1.36 bits per heavy atom. The maximum atomic E-state index is 12.6. The lowest BCUT2D eigenvalue weighted by Gasteiger charge is -2.27. The first-order chi connectivity index (χ1) is 13.1. The third kappa shape index (κ3) is 3.91. The standard InChI is InChI=1S/C21H29N3O3S/c1-13(2)19-14(20(25)26)8-6-11-18(19)24-17-10-7-9-16(15(17)12-22-24)23-28(27)21(3,4)5/h6,8,11-13,16,23H,7,9-10H2,1-5H3,(H,25,26)/t16-,28?/m1/s1. The van der Waals surface area contributed by atoms with Crippen molar-refractivity contribution in [1.29, 1.82) is 0 Å². The maximum absolute atomic E-state index is 12.6. The molecule has 1 aliphatic rings. The molecule has 2 aromatic rings. The van der Waals surface area contributed by atoms with E-state index < -0.39 is 17.0 Å². The molecule has 1 aliphatic carbocycles. The molecule has 0 amide bonds. The minimum absolute atomic E-state index is 0.0114. The minimum atomic E-state index is -1.16. The van der Waals surface area contributed by atoms with Crippen LogP contribution >= 0.6 is 0 Å². The van der Waals surface area contributed by atoms with Crippen molar-refractivity contribution in [3.05, 3.63) is 46.8 Å². The molecule has 0 saturated heterocycles. The normalized spacial score (nSPS) is 18.1. The van der Waals surface area contributed by atoms with Gasteiger partial charge < -0.3 is 5.11 Å². The van der Waals surface area contributed by atoms with Gasteiger partial charge in [-0.25, -0.2) is 18.4 Å². The summed E-state index contributed by atoms with van der Waals surface area (Å²) in [5.74, 6) is -0.875. The van der Waals surface area contributed by atoms with Crippen LogP contribution in [0.3, 0.4) is 0 Å². The lowest BCUT2D eigenvalue weighted by atomic mass is 9.92. The smallest absolute Gasteiger partial charge is 0.336 e. The Kier molecular flexibility index (Phi) is 5.77. The van der Waals surface area contributed by atoms with E-state index in [1.807, 2.05) is 51.6 Å². The number of hydrogen-bond acceptors (Lipinski definition) is 3. The van der Waals surface area contributed by atoms with E-state index in [1.165, 1.54) is 0 Å². The van der Waals surface area contributed by atoms with Crippen molar-refractivity contribution in [2.45, 2.75) is 70.6 Å². The Labute approximate surface area is 168 Å². The number of fused-ring (bicyclic) bond motifs is 1. The molecule has 6 nitrogen and oxygen atoms in total. The number of hydrogen-bond donors (Lipinski definition) is 2. The number of nitrogens with zero attached hydrogens (tertiary/aromatic N) is 2. The number of rotatable bonds is 5. The first-order valence-corrected chi connectivity index (χ1v) is 10.9. The second-order valence-electron chi connectivity index (χ2n) is 8.60. The predicted octanol–water partition coefficient (Wildman–Crippen LogP) is 4.12. The molecule has 2 atom stereocenters. The average Bonchev–Trinajstić information content (AvgIpc) is 3.05. The van der Waals surface area contributed by atoms with E-state index in [0.717, 1.165) is 41.8 Å². The summed E-state index contributed by atoms with van der Waals surface area (Å²) in [6, 6.07) is 5.34. The van der Waals surface area contributed by atoms with Gasteiger partial charge in [0.15, 0.2) is 0 Å². The average molecular weight is 404 g/mol. The number of aromatic carboxylic acids is 1. The number of aromatic nitrogens is 2. The molecule has 28 heavy (non-hydrogen) atoms. The Bertz CT molecular complexity index is 912. The highest BCUT2D eigenvalue weighted by Gasteiger charge is 2.30. The van der Waals surface area contributed by atoms with Crippen LogP contribution in [0.5, 0.6) is 0 Å². The molecule has 3 rings (SSSR count). The Hall–Kier alpha value is -1.99. The number of carbonyl (C=O) groups is 1. The maximum Gasteiger partial charge on any atom is 0.336 e. The molecule has 1 unspecified atom stereocenters. The zero-order valence-corrected chi connectivity index (χ0v) is 18.0. The Morgan fingerprint density at radius 2 is 2.07 bits per heavy atom. The summed E-state index contributed by atoms with van der Waals surface area (Å²) in [7, 11) is -1.16. The number of nitrogens with one attached hydrogen (secondary N) is 1. The van der Waals surface area contributed by atoms with E-state index in [-0.39, 0.29) is 16.7 Å². The van der Waals surface area contributed by atoms with Gasteiger partial charge in [-0.2, -0.15) is 5.10 Å². The molecule has 1 heterocycles. The molecule has 0 radical (unpaired) electrons. The molecule has 1 aromatic heterocycles. The third-order valence-corrected chi connectivity index (χ3v) is 6.72. The van der Waals surface area contributed by atoms with E-state index in [1.54, 1.807) is 12.1 Å². The fraction of sp³-hybridized carbons (Fsp3) is 0.524. The van der Waals surface area contributed by atoms with Gasteiger partial charge in [-0.05, 0) is 63.6 Å². The Morgan fingerprint density at radius 3 is 2.68 bits per heavy atom. The molecule has 0 spiro atoms. The molecule has 7 heteroatoms. The van der Waals surface area contributed by atoms with Gasteiger partial charge in [0.2, 0.25) is 0 Å². The zero-order chi connectivity index (χ0) is 20.6. The molecule has 0 saturated carbocycles. The van der Waals surface area contributed by atoms with Crippen LogP contribution in [0.2, 0.25) is 0 Å². The fourth-order valence-electron chi connectivity index (χ4n) is 3.72. The van der Waals surface area contributed by atoms with Crippen LogP contribution in [0, 0.1) is 0 Å². The topological polar surface area (TPSA) is 84.2 Å². The van der Waals surface area contributed by atoms with Crippen LogP contribution in [-0.4, -0.2) is 29.8 Å². The molecule has 152 valence electrons. The summed E-state index contributed by atoms with van der Waals surface area (Å²) in [4.78, 5) is 11.7.